The maximum atomic E-state index is 4.96. The second-order valence-corrected chi connectivity index (χ2v) is 8.25. The molecule has 29 heavy (non-hydrogen) atoms. The summed E-state index contributed by atoms with van der Waals surface area (Å²) in [5, 5.41) is 3.67. The van der Waals surface area contributed by atoms with E-state index in [1.807, 2.05) is 0 Å². The summed E-state index contributed by atoms with van der Waals surface area (Å²) in [5.74, 6) is 0.897. The molecule has 3 rings (SSSR count). The monoisotopic (exact) mass is 392 g/mol. The Balaban J connectivity index is 2.12. The molecule has 0 spiro atoms. The molecular weight excluding hydrogens is 356 g/mol. The van der Waals surface area contributed by atoms with Crippen LogP contribution < -0.4 is 10.2 Å². The minimum absolute atomic E-state index is 0.897. The van der Waals surface area contributed by atoms with E-state index >= 15 is 0 Å². The van der Waals surface area contributed by atoms with Gasteiger partial charge in [0, 0.05) is 25.8 Å². The van der Waals surface area contributed by atoms with E-state index in [1.165, 1.54) is 44.7 Å². The standard InChI is InChI=1S/C25H36N4/c1-9-14-29(15-10-2)22-13-11-12-21-24(22)28(8)25(26-21)27-23-19(6)17(4)16(3)18(5)20(23)7/h11-13H,9-10,14-15H2,1-8H3,(H,26,27). The van der Waals surface area contributed by atoms with Crippen LogP contribution in [-0.4, -0.2) is 22.6 Å². The van der Waals surface area contributed by atoms with Crippen molar-refractivity contribution >= 4 is 28.4 Å². The van der Waals surface area contributed by atoms with E-state index in [2.05, 4.69) is 88.5 Å². The van der Waals surface area contributed by atoms with Crippen molar-refractivity contribution in [3.05, 3.63) is 46.0 Å². The SMILES string of the molecule is CCCN(CCC)c1cccc2nc(Nc3c(C)c(C)c(C)c(C)c3C)n(C)c12. The third-order valence-electron chi connectivity index (χ3n) is 6.44. The van der Waals surface area contributed by atoms with Crippen LogP contribution in [0.5, 0.6) is 0 Å². The highest BCUT2D eigenvalue weighted by atomic mass is 15.2. The van der Waals surface area contributed by atoms with Crippen molar-refractivity contribution in [2.75, 3.05) is 23.3 Å². The zero-order chi connectivity index (χ0) is 21.3. The van der Waals surface area contributed by atoms with E-state index in [9.17, 15) is 0 Å². The lowest BCUT2D eigenvalue weighted by Crippen LogP contribution is -2.25. The topological polar surface area (TPSA) is 33.1 Å². The summed E-state index contributed by atoms with van der Waals surface area (Å²) in [6.07, 6.45) is 2.28. The highest BCUT2D eigenvalue weighted by molar-refractivity contribution is 5.91. The second kappa shape index (κ2) is 8.48. The van der Waals surface area contributed by atoms with Crippen LogP contribution in [0, 0.1) is 34.6 Å². The quantitative estimate of drug-likeness (QED) is 0.499. The number of hydrogen-bond donors (Lipinski definition) is 1. The molecule has 1 N–H and O–H groups in total. The molecule has 0 aliphatic rings. The van der Waals surface area contributed by atoms with Crippen molar-refractivity contribution in [2.24, 2.45) is 7.05 Å². The zero-order valence-corrected chi connectivity index (χ0v) is 19.4. The molecular formula is C25H36N4. The van der Waals surface area contributed by atoms with Crippen LogP contribution in [0.2, 0.25) is 0 Å². The molecule has 0 saturated heterocycles. The minimum atomic E-state index is 0.897. The van der Waals surface area contributed by atoms with E-state index < -0.39 is 0 Å². The van der Waals surface area contributed by atoms with Crippen molar-refractivity contribution in [1.29, 1.82) is 0 Å². The number of aromatic nitrogens is 2. The van der Waals surface area contributed by atoms with E-state index in [1.54, 1.807) is 0 Å². The van der Waals surface area contributed by atoms with Crippen LogP contribution in [0.4, 0.5) is 17.3 Å². The first kappa shape index (κ1) is 21.2. The fourth-order valence-electron chi connectivity index (χ4n) is 4.31. The first-order valence-electron chi connectivity index (χ1n) is 10.9. The summed E-state index contributed by atoms with van der Waals surface area (Å²) in [6, 6.07) is 6.48. The molecule has 4 nitrogen and oxygen atoms in total. The molecule has 3 aromatic rings. The summed E-state index contributed by atoms with van der Waals surface area (Å²) >= 11 is 0. The molecule has 1 aromatic heterocycles. The number of aryl methyl sites for hydroxylation is 1. The number of benzene rings is 2. The number of imidazole rings is 1. The fourth-order valence-corrected chi connectivity index (χ4v) is 4.31. The van der Waals surface area contributed by atoms with Crippen LogP contribution in [0.3, 0.4) is 0 Å². The first-order chi connectivity index (χ1) is 13.8. The predicted molar refractivity (Wildman–Crippen MR) is 127 cm³/mol. The van der Waals surface area contributed by atoms with Gasteiger partial charge in [0.25, 0.3) is 0 Å². The molecule has 2 aromatic carbocycles. The number of hydrogen-bond acceptors (Lipinski definition) is 3. The van der Waals surface area contributed by atoms with Crippen molar-refractivity contribution in [3.8, 4) is 0 Å². The lowest BCUT2D eigenvalue weighted by atomic mass is 9.93. The van der Waals surface area contributed by atoms with E-state index in [4.69, 9.17) is 4.98 Å². The molecule has 0 aliphatic heterocycles. The Morgan fingerprint density at radius 2 is 1.41 bits per heavy atom. The lowest BCUT2D eigenvalue weighted by Gasteiger charge is -2.25. The van der Waals surface area contributed by atoms with Gasteiger partial charge in [0.1, 0.15) is 0 Å². The molecule has 1 heterocycles. The smallest absolute Gasteiger partial charge is 0.208 e. The van der Waals surface area contributed by atoms with Crippen LogP contribution in [0.1, 0.15) is 54.5 Å². The largest absolute Gasteiger partial charge is 0.370 e. The number of fused-ring (bicyclic) bond motifs is 1. The molecule has 0 fully saturated rings. The number of anilines is 3. The van der Waals surface area contributed by atoms with Gasteiger partial charge in [-0.25, -0.2) is 4.98 Å². The Labute approximate surface area is 175 Å². The lowest BCUT2D eigenvalue weighted by molar-refractivity contribution is 0.745. The van der Waals surface area contributed by atoms with Gasteiger partial charge in [0.05, 0.1) is 16.7 Å². The molecule has 0 saturated carbocycles. The predicted octanol–water partition coefficient (Wildman–Crippen LogP) is 6.49. The molecule has 0 radical (unpaired) electrons. The molecule has 0 atom stereocenters. The normalized spacial score (nSPS) is 11.3. The molecule has 0 bridgehead atoms. The Morgan fingerprint density at radius 1 is 0.862 bits per heavy atom. The van der Waals surface area contributed by atoms with Gasteiger partial charge in [0.2, 0.25) is 5.95 Å². The zero-order valence-electron chi connectivity index (χ0n) is 19.4. The van der Waals surface area contributed by atoms with Gasteiger partial charge in [-0.15, -0.1) is 0 Å². The van der Waals surface area contributed by atoms with Gasteiger partial charge in [-0.3, -0.25) is 0 Å². The third kappa shape index (κ3) is 3.73. The molecule has 4 heteroatoms. The molecule has 0 amide bonds. The van der Waals surface area contributed by atoms with Gasteiger partial charge in [-0.05, 0) is 87.4 Å². The summed E-state index contributed by atoms with van der Waals surface area (Å²) in [6.45, 7) is 17.7. The van der Waals surface area contributed by atoms with Crippen molar-refractivity contribution in [3.63, 3.8) is 0 Å². The average molecular weight is 393 g/mol. The van der Waals surface area contributed by atoms with E-state index in [0.29, 0.717) is 0 Å². The highest BCUT2D eigenvalue weighted by Crippen LogP contribution is 2.34. The maximum Gasteiger partial charge on any atom is 0.208 e. The number of nitrogens with zero attached hydrogens (tertiary/aromatic N) is 3. The number of nitrogens with one attached hydrogen (secondary N) is 1. The Hall–Kier alpha value is -2.49. The third-order valence-corrected chi connectivity index (χ3v) is 6.44. The van der Waals surface area contributed by atoms with Gasteiger partial charge in [-0.2, -0.15) is 0 Å². The Bertz CT molecular complexity index is 994. The Morgan fingerprint density at radius 3 is 1.97 bits per heavy atom. The van der Waals surface area contributed by atoms with Crippen molar-refractivity contribution in [2.45, 2.75) is 61.3 Å². The van der Waals surface area contributed by atoms with Crippen LogP contribution >= 0.6 is 0 Å². The van der Waals surface area contributed by atoms with Gasteiger partial charge >= 0.3 is 0 Å². The summed E-state index contributed by atoms with van der Waals surface area (Å²) in [7, 11) is 2.12. The summed E-state index contributed by atoms with van der Waals surface area (Å²) in [4.78, 5) is 7.45. The molecule has 156 valence electrons. The average Bonchev–Trinajstić information content (AvgIpc) is 3.03. The van der Waals surface area contributed by atoms with Gasteiger partial charge in [-0.1, -0.05) is 19.9 Å². The first-order valence-corrected chi connectivity index (χ1v) is 10.9. The van der Waals surface area contributed by atoms with Crippen molar-refractivity contribution in [1.82, 2.24) is 9.55 Å². The highest BCUT2D eigenvalue weighted by Gasteiger charge is 2.18. The number of rotatable bonds is 7. The maximum absolute atomic E-state index is 4.96. The minimum Gasteiger partial charge on any atom is -0.370 e. The molecule has 0 aliphatic carbocycles. The molecule has 0 unspecified atom stereocenters. The summed E-state index contributed by atoms with van der Waals surface area (Å²) < 4.78 is 2.21. The fraction of sp³-hybridized carbons (Fsp3) is 0.480. The van der Waals surface area contributed by atoms with Crippen LogP contribution in [0.25, 0.3) is 11.0 Å². The van der Waals surface area contributed by atoms with Crippen LogP contribution in [-0.2, 0) is 7.05 Å². The number of para-hydroxylation sites is 1. The van der Waals surface area contributed by atoms with E-state index in [0.717, 1.165) is 37.4 Å². The van der Waals surface area contributed by atoms with Crippen molar-refractivity contribution < 1.29 is 0 Å². The Kier molecular flexibility index (Phi) is 6.21. The van der Waals surface area contributed by atoms with Gasteiger partial charge < -0.3 is 14.8 Å². The summed E-state index contributed by atoms with van der Waals surface area (Å²) in [5.41, 5.74) is 11.4. The van der Waals surface area contributed by atoms with Crippen LogP contribution in [0.15, 0.2) is 18.2 Å². The van der Waals surface area contributed by atoms with E-state index in [-0.39, 0.29) is 0 Å². The second-order valence-electron chi connectivity index (χ2n) is 8.25. The van der Waals surface area contributed by atoms with Gasteiger partial charge in [0.15, 0.2) is 0 Å².